The number of nitrogens with zero attached hydrogens (tertiary/aromatic N) is 4. The Morgan fingerprint density at radius 1 is 0.879 bits per heavy atom. The van der Waals surface area contributed by atoms with E-state index in [-0.39, 0.29) is 11.9 Å². The highest BCUT2D eigenvalue weighted by Crippen LogP contribution is 2.21. The highest BCUT2D eigenvalue weighted by atomic mass is 16.2. The number of aromatic nitrogens is 2. The lowest BCUT2D eigenvalue weighted by atomic mass is 10.2. The molecule has 170 valence electrons. The molecule has 0 unspecified atom stereocenters. The predicted molar refractivity (Wildman–Crippen MR) is 132 cm³/mol. The quantitative estimate of drug-likeness (QED) is 0.454. The number of para-hydroxylation sites is 1. The van der Waals surface area contributed by atoms with Crippen LogP contribution in [0.25, 0.3) is 0 Å². The molecule has 0 saturated heterocycles. The molecule has 0 fully saturated rings. The Morgan fingerprint density at radius 3 is 2.36 bits per heavy atom. The number of carbonyl (C=O) groups is 2. The van der Waals surface area contributed by atoms with Gasteiger partial charge in [-0.25, -0.2) is 14.8 Å². The molecule has 1 heterocycles. The van der Waals surface area contributed by atoms with E-state index in [1.54, 1.807) is 31.3 Å². The van der Waals surface area contributed by atoms with Crippen LogP contribution in [0.2, 0.25) is 0 Å². The SMILES string of the molecule is CN(C)C/C=C/C(=O)Nc1cccc(Nc2cc(N(C)C(=O)Nc3ccccc3)ncn2)c1. The lowest BCUT2D eigenvalue weighted by molar-refractivity contribution is -0.111. The molecule has 0 aliphatic heterocycles. The van der Waals surface area contributed by atoms with Gasteiger partial charge in [0.1, 0.15) is 18.0 Å². The zero-order chi connectivity index (χ0) is 23.6. The Morgan fingerprint density at radius 2 is 1.61 bits per heavy atom. The van der Waals surface area contributed by atoms with Crippen molar-refractivity contribution in [2.45, 2.75) is 0 Å². The molecule has 0 radical (unpaired) electrons. The topological polar surface area (TPSA) is 102 Å². The van der Waals surface area contributed by atoms with E-state index in [2.05, 4.69) is 25.9 Å². The average molecular weight is 446 g/mol. The summed E-state index contributed by atoms with van der Waals surface area (Å²) in [6.07, 6.45) is 4.68. The summed E-state index contributed by atoms with van der Waals surface area (Å²) < 4.78 is 0. The van der Waals surface area contributed by atoms with Crippen LogP contribution in [0.4, 0.5) is 33.5 Å². The second kappa shape index (κ2) is 11.4. The summed E-state index contributed by atoms with van der Waals surface area (Å²) in [5.41, 5.74) is 2.07. The average Bonchev–Trinajstić information content (AvgIpc) is 2.79. The zero-order valence-corrected chi connectivity index (χ0v) is 18.8. The minimum absolute atomic E-state index is 0.204. The maximum atomic E-state index is 12.5. The van der Waals surface area contributed by atoms with Crippen LogP contribution in [-0.2, 0) is 4.79 Å². The van der Waals surface area contributed by atoms with E-state index in [1.807, 2.05) is 61.5 Å². The Hall–Kier alpha value is -4.24. The van der Waals surface area contributed by atoms with Crippen molar-refractivity contribution in [2.75, 3.05) is 48.5 Å². The first-order valence-corrected chi connectivity index (χ1v) is 10.3. The molecule has 9 nitrogen and oxygen atoms in total. The van der Waals surface area contributed by atoms with E-state index >= 15 is 0 Å². The number of nitrogens with one attached hydrogen (secondary N) is 3. The third kappa shape index (κ3) is 7.44. The summed E-state index contributed by atoms with van der Waals surface area (Å²) in [4.78, 5) is 36.4. The molecule has 0 saturated carbocycles. The first-order valence-electron chi connectivity index (χ1n) is 10.3. The van der Waals surface area contributed by atoms with E-state index in [9.17, 15) is 9.59 Å². The van der Waals surface area contributed by atoms with Crippen LogP contribution in [0.1, 0.15) is 0 Å². The Kier molecular flexibility index (Phi) is 8.09. The van der Waals surface area contributed by atoms with Crippen molar-refractivity contribution in [3.63, 3.8) is 0 Å². The monoisotopic (exact) mass is 445 g/mol. The highest BCUT2D eigenvalue weighted by molar-refractivity contribution is 6.01. The fraction of sp³-hybridized carbons (Fsp3) is 0.167. The molecule has 0 aliphatic rings. The largest absolute Gasteiger partial charge is 0.340 e. The molecule has 0 atom stereocenters. The summed E-state index contributed by atoms with van der Waals surface area (Å²) in [6, 6.07) is 17.8. The third-order valence-electron chi connectivity index (χ3n) is 4.47. The molecule has 3 aromatic rings. The van der Waals surface area contributed by atoms with Gasteiger partial charge < -0.3 is 20.9 Å². The zero-order valence-electron chi connectivity index (χ0n) is 18.8. The standard InChI is InChI=1S/C24H27N7O2/c1-30(2)14-8-13-23(32)28-20-12-7-11-19(15-20)27-21-16-22(26-17-25-21)31(3)24(33)29-18-9-5-4-6-10-18/h4-13,15-17H,14H2,1-3H3,(H,28,32)(H,29,33)(H,25,26,27)/b13-8+. The van der Waals surface area contributed by atoms with Crippen LogP contribution in [0.3, 0.4) is 0 Å². The molecule has 33 heavy (non-hydrogen) atoms. The number of hydrogen-bond donors (Lipinski definition) is 3. The van der Waals surface area contributed by atoms with Crippen molar-refractivity contribution in [1.29, 1.82) is 0 Å². The number of amides is 3. The highest BCUT2D eigenvalue weighted by Gasteiger charge is 2.13. The van der Waals surface area contributed by atoms with Crippen molar-refractivity contribution in [2.24, 2.45) is 0 Å². The van der Waals surface area contributed by atoms with Crippen LogP contribution in [0.5, 0.6) is 0 Å². The molecule has 1 aromatic heterocycles. The molecule has 0 bridgehead atoms. The summed E-state index contributed by atoms with van der Waals surface area (Å²) >= 11 is 0. The Labute approximate surface area is 193 Å². The van der Waals surface area contributed by atoms with Gasteiger partial charge in [-0.3, -0.25) is 9.69 Å². The van der Waals surface area contributed by atoms with Crippen molar-refractivity contribution in [3.05, 3.63) is 79.1 Å². The van der Waals surface area contributed by atoms with Gasteiger partial charge in [-0.15, -0.1) is 0 Å². The van der Waals surface area contributed by atoms with Crippen LogP contribution in [-0.4, -0.2) is 54.5 Å². The van der Waals surface area contributed by atoms with Gasteiger partial charge in [0, 0.05) is 42.8 Å². The molecule has 3 amide bonds. The lowest BCUT2D eigenvalue weighted by Gasteiger charge is -2.17. The normalized spacial score (nSPS) is 10.8. The maximum Gasteiger partial charge on any atom is 0.327 e. The number of carbonyl (C=O) groups excluding carboxylic acids is 2. The Bertz CT molecular complexity index is 1120. The summed E-state index contributed by atoms with van der Waals surface area (Å²) in [5.74, 6) is 0.731. The number of likely N-dealkylation sites (N-methyl/N-ethyl adjacent to an activating group) is 1. The minimum atomic E-state index is -0.321. The van der Waals surface area contributed by atoms with Crippen LogP contribution < -0.4 is 20.9 Å². The van der Waals surface area contributed by atoms with Crippen LogP contribution >= 0.6 is 0 Å². The third-order valence-corrected chi connectivity index (χ3v) is 4.47. The van der Waals surface area contributed by atoms with Crippen LogP contribution in [0.15, 0.2) is 79.1 Å². The van der Waals surface area contributed by atoms with Gasteiger partial charge >= 0.3 is 6.03 Å². The molecule has 0 spiro atoms. The first-order chi connectivity index (χ1) is 15.9. The smallest absolute Gasteiger partial charge is 0.327 e. The van der Waals surface area contributed by atoms with Gasteiger partial charge in [0.25, 0.3) is 0 Å². The fourth-order valence-corrected chi connectivity index (χ4v) is 2.81. The van der Waals surface area contributed by atoms with E-state index in [0.29, 0.717) is 29.6 Å². The lowest BCUT2D eigenvalue weighted by Crippen LogP contribution is -2.31. The van der Waals surface area contributed by atoms with Gasteiger partial charge in [-0.05, 0) is 44.4 Å². The summed E-state index contributed by atoms with van der Waals surface area (Å²) in [6.45, 7) is 0.683. The van der Waals surface area contributed by atoms with Gasteiger partial charge in [0.05, 0.1) is 0 Å². The van der Waals surface area contributed by atoms with E-state index in [0.717, 1.165) is 5.69 Å². The van der Waals surface area contributed by atoms with Gasteiger partial charge in [-0.1, -0.05) is 30.3 Å². The number of hydrogen-bond acceptors (Lipinski definition) is 6. The molecule has 3 rings (SSSR count). The summed E-state index contributed by atoms with van der Waals surface area (Å²) in [5, 5.41) is 8.82. The van der Waals surface area contributed by atoms with Gasteiger partial charge in [-0.2, -0.15) is 0 Å². The number of urea groups is 1. The van der Waals surface area contributed by atoms with Crippen molar-refractivity contribution < 1.29 is 9.59 Å². The molecular weight excluding hydrogens is 418 g/mol. The van der Waals surface area contributed by atoms with Crippen molar-refractivity contribution >= 4 is 40.6 Å². The molecule has 9 heteroatoms. The van der Waals surface area contributed by atoms with Crippen LogP contribution in [0, 0.1) is 0 Å². The molecular formula is C24H27N7O2. The maximum absolute atomic E-state index is 12.5. The van der Waals surface area contributed by atoms with Crippen molar-refractivity contribution in [3.8, 4) is 0 Å². The van der Waals surface area contributed by atoms with Crippen molar-refractivity contribution in [1.82, 2.24) is 14.9 Å². The molecule has 3 N–H and O–H groups in total. The van der Waals surface area contributed by atoms with E-state index < -0.39 is 0 Å². The van der Waals surface area contributed by atoms with E-state index in [1.165, 1.54) is 17.3 Å². The Balaban J connectivity index is 1.64. The van der Waals surface area contributed by atoms with Gasteiger partial charge in [0.2, 0.25) is 5.91 Å². The first kappa shape index (κ1) is 23.4. The predicted octanol–water partition coefficient (Wildman–Crippen LogP) is 3.94. The molecule has 2 aromatic carbocycles. The molecule has 0 aliphatic carbocycles. The van der Waals surface area contributed by atoms with E-state index in [4.69, 9.17) is 0 Å². The minimum Gasteiger partial charge on any atom is -0.340 e. The number of benzene rings is 2. The summed E-state index contributed by atoms with van der Waals surface area (Å²) in [7, 11) is 5.50. The number of anilines is 5. The second-order valence-corrected chi connectivity index (χ2v) is 7.48. The second-order valence-electron chi connectivity index (χ2n) is 7.48. The number of rotatable bonds is 8. The van der Waals surface area contributed by atoms with Gasteiger partial charge in [0.15, 0.2) is 0 Å². The fourth-order valence-electron chi connectivity index (χ4n) is 2.81.